The average molecular weight is 584 g/mol. The van der Waals surface area contributed by atoms with Crippen LogP contribution in [0.15, 0.2) is 70.5 Å². The number of carbonyl (C=O) groups excluding carboxylic acids is 1. The average Bonchev–Trinajstić information content (AvgIpc) is 2.91. The second kappa shape index (κ2) is 12.4. The van der Waals surface area contributed by atoms with Crippen molar-refractivity contribution in [1.29, 1.82) is 0 Å². The van der Waals surface area contributed by atoms with Crippen LogP contribution in [-0.2, 0) is 38.8 Å². The van der Waals surface area contributed by atoms with Gasteiger partial charge in [-0.2, -0.15) is 4.72 Å². The Hall–Kier alpha value is -2.14. The van der Waals surface area contributed by atoms with Gasteiger partial charge in [-0.3, -0.25) is 9.36 Å². The first-order chi connectivity index (χ1) is 18.0. The third-order valence-corrected chi connectivity index (χ3v) is 11.8. The minimum absolute atomic E-state index is 0.00497. The number of fused-ring (bicyclic) bond motifs is 1. The number of carbonyl (C=O) groups is 1. The molecule has 0 aliphatic heterocycles. The van der Waals surface area contributed by atoms with E-state index in [4.69, 9.17) is 9.05 Å². The van der Waals surface area contributed by atoms with Crippen LogP contribution in [0.4, 0.5) is 0 Å². The highest BCUT2D eigenvalue weighted by molar-refractivity contribution is 7.96. The lowest BCUT2D eigenvalue weighted by Crippen LogP contribution is -2.49. The molecule has 0 spiro atoms. The molecule has 0 fully saturated rings. The Bertz CT molecular complexity index is 1420. The van der Waals surface area contributed by atoms with E-state index in [2.05, 4.69) is 4.72 Å². The van der Waals surface area contributed by atoms with E-state index in [9.17, 15) is 26.2 Å². The molecule has 1 N–H and O–H groups in total. The van der Waals surface area contributed by atoms with Gasteiger partial charge in [-0.15, -0.1) is 0 Å². The third kappa shape index (κ3) is 6.03. The highest BCUT2D eigenvalue weighted by Gasteiger charge is 2.58. The first-order valence-electron chi connectivity index (χ1n) is 12.6. The van der Waals surface area contributed by atoms with Gasteiger partial charge in [0.1, 0.15) is 4.91 Å². The molecule has 208 valence electrons. The summed E-state index contributed by atoms with van der Waals surface area (Å²) in [6.07, 6.45) is 3.31. The molecule has 1 unspecified atom stereocenters. The standard InChI is InChI=1S/C26H34NO8PS2/c1-4-7-18-34-36(29,35-19-8-5-2)26(27-37(30,31)6-3)20-24(25(28)22-16-12-13-17-23(22)26)38(32,33)21-14-10-9-11-15-21/h9-17,20,27H,4-8,18-19H2,1-3H3. The van der Waals surface area contributed by atoms with E-state index in [1.165, 1.54) is 49.4 Å². The summed E-state index contributed by atoms with van der Waals surface area (Å²) in [4.78, 5) is 12.7. The topological polar surface area (TPSA) is 133 Å². The SMILES string of the molecule is CCCCOP(=O)(OCCCC)C1(NS(=O)(=O)CC)C=C(S(=O)(=O)c2ccccc2)C(=O)c2ccccc21. The summed E-state index contributed by atoms with van der Waals surface area (Å²) in [7, 11) is -13.1. The molecule has 38 heavy (non-hydrogen) atoms. The maximum Gasteiger partial charge on any atom is 0.360 e. The lowest BCUT2D eigenvalue weighted by molar-refractivity contribution is 0.103. The van der Waals surface area contributed by atoms with Crippen molar-refractivity contribution in [3.63, 3.8) is 0 Å². The van der Waals surface area contributed by atoms with Gasteiger partial charge in [0.05, 0.1) is 23.9 Å². The van der Waals surface area contributed by atoms with E-state index < -0.39 is 49.2 Å². The molecule has 12 heteroatoms. The van der Waals surface area contributed by atoms with E-state index in [1.807, 2.05) is 13.8 Å². The maximum absolute atomic E-state index is 14.8. The van der Waals surface area contributed by atoms with E-state index in [0.717, 1.165) is 6.08 Å². The Morgan fingerprint density at radius 2 is 1.39 bits per heavy atom. The second-order valence-electron chi connectivity index (χ2n) is 8.84. The summed E-state index contributed by atoms with van der Waals surface area (Å²) in [5, 5.41) is -2.30. The fraction of sp³-hybridized carbons (Fsp3) is 0.423. The van der Waals surface area contributed by atoms with Gasteiger partial charge in [0, 0.05) is 11.1 Å². The molecule has 0 saturated heterocycles. The van der Waals surface area contributed by atoms with Crippen LogP contribution in [0.2, 0.25) is 0 Å². The van der Waals surface area contributed by atoms with Gasteiger partial charge in [-0.1, -0.05) is 69.2 Å². The minimum Gasteiger partial charge on any atom is -0.307 e. The zero-order valence-corrected chi connectivity index (χ0v) is 24.3. The predicted molar refractivity (Wildman–Crippen MR) is 146 cm³/mol. The van der Waals surface area contributed by atoms with E-state index in [1.54, 1.807) is 12.1 Å². The summed E-state index contributed by atoms with van der Waals surface area (Å²) in [5.74, 6) is -1.24. The monoisotopic (exact) mass is 583 g/mol. The number of hydrogen-bond donors (Lipinski definition) is 1. The molecule has 0 saturated carbocycles. The van der Waals surface area contributed by atoms with E-state index >= 15 is 0 Å². The number of ketones is 1. The van der Waals surface area contributed by atoms with Crippen molar-refractivity contribution in [3.05, 3.63) is 76.7 Å². The molecule has 1 aliphatic carbocycles. The van der Waals surface area contributed by atoms with Gasteiger partial charge in [-0.25, -0.2) is 16.8 Å². The number of nitrogens with one attached hydrogen (secondary N) is 1. The van der Waals surface area contributed by atoms with Crippen molar-refractivity contribution < 1.29 is 35.2 Å². The number of sulfonamides is 1. The van der Waals surface area contributed by atoms with Gasteiger partial charge in [0.2, 0.25) is 25.6 Å². The second-order valence-corrected chi connectivity index (χ2v) is 15.0. The van der Waals surface area contributed by atoms with Crippen LogP contribution in [-0.4, -0.2) is 41.6 Å². The van der Waals surface area contributed by atoms with Gasteiger partial charge in [-0.05, 0) is 38.0 Å². The smallest absolute Gasteiger partial charge is 0.307 e. The largest absolute Gasteiger partial charge is 0.360 e. The van der Waals surface area contributed by atoms with Crippen LogP contribution in [0.3, 0.4) is 0 Å². The van der Waals surface area contributed by atoms with Crippen LogP contribution in [0.5, 0.6) is 0 Å². The van der Waals surface area contributed by atoms with E-state index in [0.29, 0.717) is 25.7 Å². The lowest BCUT2D eigenvalue weighted by atomic mass is 9.92. The number of benzene rings is 2. The minimum atomic E-state index is -4.54. The Balaban J connectivity index is 2.42. The molecule has 2 aromatic carbocycles. The van der Waals surface area contributed by atoms with Crippen molar-refractivity contribution >= 4 is 33.2 Å². The first-order valence-corrected chi connectivity index (χ1v) is 17.2. The molecule has 2 aromatic rings. The molecule has 1 aliphatic rings. The molecule has 0 heterocycles. The highest BCUT2D eigenvalue weighted by atomic mass is 32.2. The summed E-state index contributed by atoms with van der Waals surface area (Å²) < 4.78 is 82.6. The van der Waals surface area contributed by atoms with Crippen LogP contribution in [0.25, 0.3) is 0 Å². The first kappa shape index (κ1) is 30.4. The molecule has 3 rings (SSSR count). The van der Waals surface area contributed by atoms with Crippen molar-refractivity contribution in [1.82, 2.24) is 4.72 Å². The Morgan fingerprint density at radius 3 is 1.95 bits per heavy atom. The molecule has 0 radical (unpaired) electrons. The predicted octanol–water partition coefficient (Wildman–Crippen LogP) is 5.16. The number of sulfone groups is 1. The molecular formula is C26H34NO8PS2. The zero-order chi connectivity index (χ0) is 28.0. The summed E-state index contributed by atoms with van der Waals surface area (Å²) in [6, 6.07) is 13.2. The fourth-order valence-electron chi connectivity index (χ4n) is 3.98. The lowest BCUT2D eigenvalue weighted by Gasteiger charge is -2.40. The summed E-state index contributed by atoms with van der Waals surface area (Å²) in [5.41, 5.74) is -0.105. The van der Waals surface area contributed by atoms with Crippen molar-refractivity contribution in [2.45, 2.75) is 56.6 Å². The number of allylic oxidation sites excluding steroid dienone is 1. The van der Waals surface area contributed by atoms with Gasteiger partial charge in [0.25, 0.3) is 0 Å². The third-order valence-electron chi connectivity index (χ3n) is 6.13. The fourth-order valence-corrected chi connectivity index (χ4v) is 9.17. The molecular weight excluding hydrogens is 549 g/mol. The van der Waals surface area contributed by atoms with Gasteiger partial charge >= 0.3 is 7.60 Å². The number of unbranched alkanes of at least 4 members (excludes halogenated alkanes) is 2. The van der Waals surface area contributed by atoms with Crippen LogP contribution in [0, 0.1) is 0 Å². The molecule has 9 nitrogen and oxygen atoms in total. The maximum atomic E-state index is 14.8. The van der Waals surface area contributed by atoms with Crippen molar-refractivity contribution in [2.24, 2.45) is 0 Å². The molecule has 0 amide bonds. The quantitative estimate of drug-likeness (QED) is 0.238. The Kier molecular flexibility index (Phi) is 9.89. The molecule has 1 atom stereocenters. The van der Waals surface area contributed by atoms with Gasteiger partial charge in [0.15, 0.2) is 5.28 Å². The highest BCUT2D eigenvalue weighted by Crippen LogP contribution is 2.67. The van der Waals surface area contributed by atoms with Crippen molar-refractivity contribution in [2.75, 3.05) is 19.0 Å². The summed E-state index contributed by atoms with van der Waals surface area (Å²) in [6.45, 7) is 5.14. The number of hydrogen-bond acceptors (Lipinski definition) is 8. The summed E-state index contributed by atoms with van der Waals surface area (Å²) >= 11 is 0. The number of rotatable bonds is 14. The Morgan fingerprint density at radius 1 is 0.842 bits per heavy atom. The molecule has 0 aromatic heterocycles. The van der Waals surface area contributed by atoms with E-state index in [-0.39, 0.29) is 29.2 Å². The normalized spacial score (nSPS) is 18.2. The Labute approximate surface area is 225 Å². The zero-order valence-electron chi connectivity index (χ0n) is 21.8. The van der Waals surface area contributed by atoms with Crippen LogP contribution < -0.4 is 4.72 Å². The van der Waals surface area contributed by atoms with Crippen LogP contribution in [0.1, 0.15) is 62.4 Å². The van der Waals surface area contributed by atoms with Crippen LogP contribution >= 0.6 is 7.60 Å². The van der Waals surface area contributed by atoms with Crippen molar-refractivity contribution in [3.8, 4) is 0 Å². The molecule has 0 bridgehead atoms. The van der Waals surface area contributed by atoms with Gasteiger partial charge < -0.3 is 9.05 Å². The number of Topliss-reactive ketones (excluding diaryl/α,β-unsaturated/α-hetero) is 1.